The fraction of sp³-hybridized carbons (Fsp3) is 0.269. The number of amides is 1. The van der Waals surface area contributed by atoms with Crippen LogP contribution < -0.4 is 19.1 Å². The average molecular weight is 515 g/mol. The van der Waals surface area contributed by atoms with Crippen molar-refractivity contribution < 1.29 is 22.7 Å². The minimum Gasteiger partial charge on any atom is -0.497 e. The van der Waals surface area contributed by atoms with Gasteiger partial charge in [-0.2, -0.15) is 0 Å². The molecule has 4 rings (SSSR count). The number of benzene rings is 3. The molecule has 0 aliphatic carbocycles. The Morgan fingerprint density at radius 3 is 2.46 bits per heavy atom. The first-order valence-electron chi connectivity index (χ1n) is 11.1. The second-order valence-corrected chi connectivity index (χ2v) is 11.2. The van der Waals surface area contributed by atoms with E-state index in [1.807, 2.05) is 19.9 Å². The summed E-state index contributed by atoms with van der Waals surface area (Å²) in [7, 11) is -2.43. The molecule has 1 N–H and O–H groups in total. The van der Waals surface area contributed by atoms with Crippen LogP contribution in [0.5, 0.6) is 11.5 Å². The lowest BCUT2D eigenvalue weighted by atomic mass is 9.89. The first-order chi connectivity index (χ1) is 16.6. The SMILES string of the molecule is COc1ccc2c(c1)OC(C)(C)CC2NC(=O)CN(c1ccc(Cl)cc1)S(=O)(=O)c1ccccc1. The quantitative estimate of drug-likeness (QED) is 0.481. The van der Waals surface area contributed by atoms with E-state index in [1.165, 1.54) is 12.1 Å². The molecule has 0 radical (unpaired) electrons. The average Bonchev–Trinajstić information content (AvgIpc) is 2.82. The molecule has 1 amide bonds. The molecule has 0 aromatic heterocycles. The summed E-state index contributed by atoms with van der Waals surface area (Å²) in [6, 6.07) is 19.4. The molecule has 0 spiro atoms. The highest BCUT2D eigenvalue weighted by atomic mass is 35.5. The third-order valence-electron chi connectivity index (χ3n) is 5.75. The molecular formula is C26H27ClN2O5S. The van der Waals surface area contributed by atoms with E-state index in [0.29, 0.717) is 28.6 Å². The number of hydrogen-bond donors (Lipinski definition) is 1. The summed E-state index contributed by atoms with van der Waals surface area (Å²) in [5.74, 6) is 0.829. The van der Waals surface area contributed by atoms with E-state index in [1.54, 1.807) is 61.7 Å². The van der Waals surface area contributed by atoms with Crippen LogP contribution in [-0.2, 0) is 14.8 Å². The van der Waals surface area contributed by atoms with Gasteiger partial charge in [-0.3, -0.25) is 9.10 Å². The van der Waals surface area contributed by atoms with Crippen LogP contribution in [0.1, 0.15) is 31.9 Å². The summed E-state index contributed by atoms with van der Waals surface area (Å²) >= 11 is 6.01. The molecule has 0 bridgehead atoms. The second-order valence-electron chi connectivity index (χ2n) is 8.89. The van der Waals surface area contributed by atoms with Gasteiger partial charge < -0.3 is 14.8 Å². The lowest BCUT2D eigenvalue weighted by Gasteiger charge is -2.38. The van der Waals surface area contributed by atoms with E-state index in [2.05, 4.69) is 5.32 Å². The van der Waals surface area contributed by atoms with Crippen molar-refractivity contribution in [3.63, 3.8) is 0 Å². The van der Waals surface area contributed by atoms with Gasteiger partial charge in [-0.05, 0) is 62.4 Å². The number of nitrogens with zero attached hydrogens (tertiary/aromatic N) is 1. The number of nitrogens with one attached hydrogen (secondary N) is 1. The highest BCUT2D eigenvalue weighted by Gasteiger charge is 2.36. The molecule has 1 unspecified atom stereocenters. The van der Waals surface area contributed by atoms with E-state index >= 15 is 0 Å². The third-order valence-corrected chi connectivity index (χ3v) is 7.79. The second kappa shape index (κ2) is 9.79. The van der Waals surface area contributed by atoms with Gasteiger partial charge >= 0.3 is 0 Å². The van der Waals surface area contributed by atoms with Crippen LogP contribution >= 0.6 is 11.6 Å². The van der Waals surface area contributed by atoms with Gasteiger partial charge in [-0.1, -0.05) is 29.8 Å². The Labute approximate surface area is 210 Å². The molecule has 35 heavy (non-hydrogen) atoms. The fourth-order valence-corrected chi connectivity index (χ4v) is 5.67. The largest absolute Gasteiger partial charge is 0.497 e. The third kappa shape index (κ3) is 5.55. The number of fused-ring (bicyclic) bond motifs is 1. The Hall–Kier alpha value is -3.23. The van der Waals surface area contributed by atoms with Crippen LogP contribution in [0.2, 0.25) is 5.02 Å². The molecule has 0 saturated carbocycles. The monoisotopic (exact) mass is 514 g/mol. The molecule has 9 heteroatoms. The summed E-state index contributed by atoms with van der Waals surface area (Å²) in [4.78, 5) is 13.4. The number of ether oxygens (including phenoxy) is 2. The summed E-state index contributed by atoms with van der Waals surface area (Å²) in [6.45, 7) is 3.48. The van der Waals surface area contributed by atoms with E-state index in [4.69, 9.17) is 21.1 Å². The Bertz CT molecular complexity index is 1310. The number of carbonyl (C=O) groups is 1. The normalized spacial score (nSPS) is 16.5. The predicted octanol–water partition coefficient (Wildman–Crippen LogP) is 4.96. The van der Waals surface area contributed by atoms with Crippen LogP contribution in [-0.4, -0.2) is 33.6 Å². The van der Waals surface area contributed by atoms with Crippen molar-refractivity contribution in [3.05, 3.63) is 83.4 Å². The highest BCUT2D eigenvalue weighted by Crippen LogP contribution is 2.41. The maximum absolute atomic E-state index is 13.5. The van der Waals surface area contributed by atoms with Gasteiger partial charge in [-0.25, -0.2) is 8.42 Å². The molecule has 1 atom stereocenters. The molecule has 184 valence electrons. The van der Waals surface area contributed by atoms with Crippen LogP contribution in [0.25, 0.3) is 0 Å². The predicted molar refractivity (Wildman–Crippen MR) is 136 cm³/mol. The lowest BCUT2D eigenvalue weighted by Crippen LogP contribution is -2.45. The van der Waals surface area contributed by atoms with Gasteiger partial charge in [0.25, 0.3) is 10.0 Å². The number of halogens is 1. The summed E-state index contributed by atoms with van der Waals surface area (Å²) < 4.78 is 39.5. The van der Waals surface area contributed by atoms with Gasteiger partial charge in [0.15, 0.2) is 0 Å². The minimum absolute atomic E-state index is 0.0902. The van der Waals surface area contributed by atoms with E-state index < -0.39 is 28.1 Å². The van der Waals surface area contributed by atoms with Gasteiger partial charge in [0.2, 0.25) is 5.91 Å². The van der Waals surface area contributed by atoms with Crippen LogP contribution in [0.3, 0.4) is 0 Å². The standard InChI is InChI=1S/C26H27ClN2O5S/c1-26(2)16-23(22-14-13-20(33-3)15-24(22)34-26)28-25(30)17-29(19-11-9-18(27)10-12-19)35(31,32)21-7-5-4-6-8-21/h4-15,23H,16-17H2,1-3H3,(H,28,30). The number of hydrogen-bond acceptors (Lipinski definition) is 5. The van der Waals surface area contributed by atoms with Crippen molar-refractivity contribution in [2.45, 2.75) is 36.8 Å². The van der Waals surface area contributed by atoms with Crippen LogP contribution in [0.15, 0.2) is 77.7 Å². The zero-order valence-corrected chi connectivity index (χ0v) is 21.3. The van der Waals surface area contributed by atoms with Gasteiger partial charge in [0.1, 0.15) is 23.6 Å². The van der Waals surface area contributed by atoms with E-state index in [-0.39, 0.29) is 10.9 Å². The maximum atomic E-state index is 13.5. The Kier molecular flexibility index (Phi) is 6.96. The Morgan fingerprint density at radius 2 is 1.80 bits per heavy atom. The summed E-state index contributed by atoms with van der Waals surface area (Å²) in [6.07, 6.45) is 0.518. The Balaban J connectivity index is 1.63. The number of anilines is 1. The molecule has 3 aromatic carbocycles. The number of rotatable bonds is 7. The molecule has 0 saturated heterocycles. The smallest absolute Gasteiger partial charge is 0.264 e. The molecule has 3 aromatic rings. The van der Waals surface area contributed by atoms with Crippen LogP contribution in [0, 0.1) is 0 Å². The van der Waals surface area contributed by atoms with E-state index in [9.17, 15) is 13.2 Å². The van der Waals surface area contributed by atoms with Gasteiger partial charge in [-0.15, -0.1) is 0 Å². The topological polar surface area (TPSA) is 84.9 Å². The zero-order valence-electron chi connectivity index (χ0n) is 19.7. The minimum atomic E-state index is -4.01. The molecule has 1 aliphatic rings. The Morgan fingerprint density at radius 1 is 1.11 bits per heavy atom. The summed E-state index contributed by atoms with van der Waals surface area (Å²) in [5.41, 5.74) is 0.608. The maximum Gasteiger partial charge on any atom is 0.264 e. The van der Waals surface area contributed by atoms with Crippen LogP contribution in [0.4, 0.5) is 5.69 Å². The van der Waals surface area contributed by atoms with E-state index in [0.717, 1.165) is 9.87 Å². The molecule has 0 fully saturated rings. The zero-order chi connectivity index (χ0) is 25.2. The first kappa shape index (κ1) is 24.9. The first-order valence-corrected chi connectivity index (χ1v) is 12.9. The van der Waals surface area contributed by atoms with Gasteiger partial charge in [0, 0.05) is 23.1 Å². The highest BCUT2D eigenvalue weighted by molar-refractivity contribution is 7.92. The molecule has 1 heterocycles. The van der Waals surface area contributed by atoms with Gasteiger partial charge in [0.05, 0.1) is 23.7 Å². The number of carbonyl (C=O) groups excluding carboxylic acids is 1. The molecule has 7 nitrogen and oxygen atoms in total. The number of sulfonamides is 1. The van der Waals surface area contributed by atoms with Crippen molar-refractivity contribution >= 4 is 33.2 Å². The summed E-state index contributed by atoms with van der Waals surface area (Å²) in [5, 5.41) is 3.48. The van der Waals surface area contributed by atoms with Crippen molar-refractivity contribution in [2.24, 2.45) is 0 Å². The van der Waals surface area contributed by atoms with Crippen molar-refractivity contribution in [2.75, 3.05) is 18.0 Å². The molecular weight excluding hydrogens is 488 g/mol. The van der Waals surface area contributed by atoms with Crippen molar-refractivity contribution in [1.29, 1.82) is 0 Å². The number of methoxy groups -OCH3 is 1. The van der Waals surface area contributed by atoms with Crippen molar-refractivity contribution in [1.82, 2.24) is 5.32 Å². The lowest BCUT2D eigenvalue weighted by molar-refractivity contribution is -0.120. The molecule has 1 aliphatic heterocycles. The fourth-order valence-electron chi connectivity index (χ4n) is 4.10. The van der Waals surface area contributed by atoms with Crippen molar-refractivity contribution in [3.8, 4) is 11.5 Å².